The monoisotopic (exact) mass is 445 g/mol. The SMILES string of the molecule is Cc1cc(Nc2ncn(-c3cc(F)cc(F)c3)n2)cc(NC2CCOC3(CCOC3)C2)c1.[HH].[HH]. The first kappa shape index (κ1) is 20.8. The molecule has 2 aliphatic heterocycles. The lowest BCUT2D eigenvalue weighted by Crippen LogP contribution is -2.44. The van der Waals surface area contributed by atoms with Crippen LogP contribution in [0.3, 0.4) is 0 Å². The van der Waals surface area contributed by atoms with Gasteiger partial charge in [-0.3, -0.25) is 0 Å². The molecule has 0 bridgehead atoms. The molecule has 7 nitrogen and oxygen atoms in total. The van der Waals surface area contributed by atoms with Gasteiger partial charge in [0.05, 0.1) is 17.9 Å². The molecule has 1 spiro atoms. The van der Waals surface area contributed by atoms with Crippen LogP contribution in [0.15, 0.2) is 42.7 Å². The Bertz CT molecular complexity index is 1100. The molecule has 2 fully saturated rings. The molecule has 32 heavy (non-hydrogen) atoms. The van der Waals surface area contributed by atoms with E-state index in [4.69, 9.17) is 9.47 Å². The lowest BCUT2D eigenvalue weighted by molar-refractivity contribution is -0.0828. The fourth-order valence-electron chi connectivity index (χ4n) is 4.43. The Morgan fingerprint density at radius 1 is 1.09 bits per heavy atom. The van der Waals surface area contributed by atoms with Crippen LogP contribution in [0.5, 0.6) is 0 Å². The molecule has 2 saturated heterocycles. The quantitative estimate of drug-likeness (QED) is 0.586. The van der Waals surface area contributed by atoms with Gasteiger partial charge in [-0.2, -0.15) is 4.98 Å². The molecule has 172 valence electrons. The molecule has 3 heterocycles. The van der Waals surface area contributed by atoms with Gasteiger partial charge in [0.2, 0.25) is 5.95 Å². The fraction of sp³-hybridized carbons (Fsp3) is 0.391. The van der Waals surface area contributed by atoms with E-state index in [1.54, 1.807) is 0 Å². The number of halogens is 2. The van der Waals surface area contributed by atoms with Crippen LogP contribution >= 0.6 is 0 Å². The van der Waals surface area contributed by atoms with Crippen molar-refractivity contribution in [3.05, 3.63) is 59.9 Å². The molecule has 0 radical (unpaired) electrons. The van der Waals surface area contributed by atoms with E-state index in [1.807, 2.05) is 19.1 Å². The standard InChI is InChI=1S/C23H25F2N5O2.2H2/c1-15-6-19(27-18-2-4-32-23(12-18)3-5-31-13-23)11-20(7-15)28-22-26-14-30(29-22)21-9-16(24)8-17(25)10-21;;/h6-11,14,18,27H,2-5,12-13H2,1H3,(H,28,29);2*1H. The molecule has 2 unspecified atom stereocenters. The molecular formula is C23H29F2N5O2. The molecule has 0 amide bonds. The number of hydrogen-bond donors (Lipinski definition) is 2. The molecule has 0 saturated carbocycles. The zero-order valence-corrected chi connectivity index (χ0v) is 17.8. The molecule has 5 rings (SSSR count). The second kappa shape index (κ2) is 8.48. The van der Waals surface area contributed by atoms with E-state index >= 15 is 0 Å². The highest BCUT2D eigenvalue weighted by Gasteiger charge is 2.41. The van der Waals surface area contributed by atoms with E-state index in [1.165, 1.54) is 23.1 Å². The third kappa shape index (κ3) is 4.58. The van der Waals surface area contributed by atoms with Crippen molar-refractivity contribution in [3.8, 4) is 5.69 Å². The van der Waals surface area contributed by atoms with Gasteiger partial charge in [-0.05, 0) is 55.7 Å². The Kier molecular flexibility index (Phi) is 5.52. The van der Waals surface area contributed by atoms with Crippen molar-refractivity contribution >= 4 is 17.3 Å². The molecule has 2 aromatic carbocycles. The van der Waals surface area contributed by atoms with Gasteiger partial charge in [0.1, 0.15) is 18.0 Å². The van der Waals surface area contributed by atoms with Gasteiger partial charge in [0.15, 0.2) is 0 Å². The smallest absolute Gasteiger partial charge is 0.246 e. The average molecular weight is 446 g/mol. The van der Waals surface area contributed by atoms with E-state index in [-0.39, 0.29) is 14.1 Å². The van der Waals surface area contributed by atoms with E-state index in [9.17, 15) is 8.78 Å². The number of rotatable bonds is 5. The van der Waals surface area contributed by atoms with Gasteiger partial charge < -0.3 is 20.1 Å². The van der Waals surface area contributed by atoms with Gasteiger partial charge in [0.25, 0.3) is 0 Å². The Balaban J connectivity index is 0.00000162. The van der Waals surface area contributed by atoms with Crippen LogP contribution in [0.4, 0.5) is 26.1 Å². The summed E-state index contributed by atoms with van der Waals surface area (Å²) in [5.41, 5.74) is 3.00. The van der Waals surface area contributed by atoms with Crippen molar-refractivity contribution in [2.75, 3.05) is 30.5 Å². The zero-order valence-electron chi connectivity index (χ0n) is 17.8. The van der Waals surface area contributed by atoms with Crippen LogP contribution in [0.25, 0.3) is 5.69 Å². The molecule has 0 aliphatic carbocycles. The van der Waals surface area contributed by atoms with Crippen molar-refractivity contribution < 1.29 is 21.1 Å². The summed E-state index contributed by atoms with van der Waals surface area (Å²) in [6.07, 6.45) is 4.21. The Morgan fingerprint density at radius 2 is 1.91 bits per heavy atom. The maximum absolute atomic E-state index is 13.5. The first-order chi connectivity index (χ1) is 15.5. The fourth-order valence-corrected chi connectivity index (χ4v) is 4.43. The van der Waals surface area contributed by atoms with E-state index in [0.717, 1.165) is 55.5 Å². The Labute approximate surface area is 187 Å². The van der Waals surface area contributed by atoms with Crippen molar-refractivity contribution in [2.24, 2.45) is 0 Å². The largest absolute Gasteiger partial charge is 0.382 e. The van der Waals surface area contributed by atoms with Crippen molar-refractivity contribution in [1.82, 2.24) is 14.8 Å². The van der Waals surface area contributed by atoms with Gasteiger partial charge in [0, 0.05) is 46.0 Å². The summed E-state index contributed by atoms with van der Waals surface area (Å²) in [7, 11) is 0. The predicted octanol–water partition coefficient (Wildman–Crippen LogP) is 4.84. The number of aryl methyl sites for hydroxylation is 1. The number of anilines is 3. The third-order valence-corrected chi connectivity index (χ3v) is 5.87. The summed E-state index contributed by atoms with van der Waals surface area (Å²) >= 11 is 0. The molecule has 1 aromatic heterocycles. The minimum Gasteiger partial charge on any atom is -0.382 e. The van der Waals surface area contributed by atoms with Gasteiger partial charge in [-0.1, -0.05) is 0 Å². The van der Waals surface area contributed by atoms with Crippen molar-refractivity contribution in [2.45, 2.75) is 37.8 Å². The topological polar surface area (TPSA) is 73.2 Å². The maximum atomic E-state index is 13.5. The van der Waals surface area contributed by atoms with E-state index < -0.39 is 11.6 Å². The highest BCUT2D eigenvalue weighted by Crippen LogP contribution is 2.34. The molecule has 3 aromatic rings. The lowest BCUT2D eigenvalue weighted by atomic mass is 9.89. The van der Waals surface area contributed by atoms with E-state index in [0.29, 0.717) is 18.6 Å². The number of benzene rings is 2. The highest BCUT2D eigenvalue weighted by atomic mass is 19.1. The number of nitrogens with one attached hydrogen (secondary N) is 2. The summed E-state index contributed by atoms with van der Waals surface area (Å²) < 4.78 is 39.9. The van der Waals surface area contributed by atoms with Gasteiger partial charge in [-0.25, -0.2) is 13.5 Å². The van der Waals surface area contributed by atoms with Gasteiger partial charge in [-0.15, -0.1) is 5.10 Å². The molecule has 2 aliphatic rings. The molecule has 9 heteroatoms. The first-order valence-electron chi connectivity index (χ1n) is 10.7. The van der Waals surface area contributed by atoms with Crippen molar-refractivity contribution in [1.29, 1.82) is 0 Å². The summed E-state index contributed by atoms with van der Waals surface area (Å²) in [6.45, 7) is 4.16. The molecular weight excluding hydrogens is 416 g/mol. The summed E-state index contributed by atoms with van der Waals surface area (Å²) in [4.78, 5) is 4.22. The second-order valence-electron chi connectivity index (χ2n) is 8.52. The predicted molar refractivity (Wildman–Crippen MR) is 121 cm³/mol. The molecule has 2 atom stereocenters. The number of nitrogens with zero attached hydrogens (tertiary/aromatic N) is 3. The second-order valence-corrected chi connectivity index (χ2v) is 8.52. The number of hydrogen-bond acceptors (Lipinski definition) is 6. The van der Waals surface area contributed by atoms with Crippen LogP contribution < -0.4 is 10.6 Å². The summed E-state index contributed by atoms with van der Waals surface area (Å²) in [5.74, 6) is -1.00. The average Bonchev–Trinajstić information content (AvgIpc) is 3.37. The van der Waals surface area contributed by atoms with Crippen molar-refractivity contribution in [3.63, 3.8) is 0 Å². The minimum absolute atomic E-state index is 0. The lowest BCUT2D eigenvalue weighted by Gasteiger charge is -2.37. The number of aromatic nitrogens is 3. The summed E-state index contributed by atoms with van der Waals surface area (Å²) in [6, 6.07) is 9.62. The maximum Gasteiger partial charge on any atom is 0.246 e. The Morgan fingerprint density at radius 3 is 2.69 bits per heavy atom. The van der Waals surface area contributed by atoms with Crippen LogP contribution in [-0.2, 0) is 9.47 Å². The zero-order chi connectivity index (χ0) is 22.1. The van der Waals surface area contributed by atoms with Crippen LogP contribution in [0.2, 0.25) is 0 Å². The minimum atomic E-state index is -0.668. The summed E-state index contributed by atoms with van der Waals surface area (Å²) in [5, 5.41) is 11.1. The van der Waals surface area contributed by atoms with Crippen LogP contribution in [0.1, 0.15) is 27.7 Å². The normalized spacial score (nSPS) is 22.9. The van der Waals surface area contributed by atoms with Crippen LogP contribution in [-0.4, -0.2) is 46.2 Å². The van der Waals surface area contributed by atoms with Crippen LogP contribution in [0, 0.1) is 18.6 Å². The first-order valence-corrected chi connectivity index (χ1v) is 10.7. The van der Waals surface area contributed by atoms with E-state index in [2.05, 4.69) is 26.8 Å². The molecule has 2 N–H and O–H groups in total. The van der Waals surface area contributed by atoms with Gasteiger partial charge >= 0.3 is 0 Å². The highest BCUT2D eigenvalue weighted by molar-refractivity contribution is 5.63. The number of ether oxygens (including phenoxy) is 2. The Hall–Kier alpha value is -3.04. The third-order valence-electron chi connectivity index (χ3n) is 5.87.